The lowest BCUT2D eigenvalue weighted by molar-refractivity contribution is -0.142. The van der Waals surface area contributed by atoms with Gasteiger partial charge in [-0.3, -0.25) is 14.4 Å². The van der Waals surface area contributed by atoms with Crippen molar-refractivity contribution in [3.8, 4) is 16.2 Å². The minimum absolute atomic E-state index is 0.0133. The molecule has 0 bridgehead atoms. The average molecular weight is 674 g/mol. The van der Waals surface area contributed by atoms with Crippen molar-refractivity contribution in [1.82, 2.24) is 25.8 Å². The van der Waals surface area contributed by atoms with E-state index in [9.17, 15) is 19.5 Å². The van der Waals surface area contributed by atoms with Gasteiger partial charge in [-0.05, 0) is 67.6 Å². The highest BCUT2D eigenvalue weighted by Gasteiger charge is 2.45. The second-order valence-electron chi connectivity index (χ2n) is 13.8. The highest BCUT2D eigenvalue weighted by molar-refractivity contribution is 7.13. The lowest BCUT2D eigenvalue weighted by Gasteiger charge is -2.35. The number of amides is 3. The molecule has 0 saturated carbocycles. The number of furan rings is 1. The maximum atomic E-state index is 14.1. The largest absolute Gasteiger partial charge is 0.489 e. The third-order valence-corrected chi connectivity index (χ3v) is 10.0. The second kappa shape index (κ2) is 13.7. The van der Waals surface area contributed by atoms with E-state index in [1.54, 1.807) is 23.5 Å². The molecule has 2 aliphatic rings. The first kappa shape index (κ1) is 33.6. The third kappa shape index (κ3) is 7.25. The van der Waals surface area contributed by atoms with Gasteiger partial charge in [0.2, 0.25) is 11.8 Å². The Hall–Kier alpha value is -4.26. The Labute approximate surface area is 284 Å². The fourth-order valence-electron chi connectivity index (χ4n) is 6.35. The van der Waals surface area contributed by atoms with Gasteiger partial charge >= 0.3 is 0 Å². The van der Waals surface area contributed by atoms with Gasteiger partial charge in [0.1, 0.15) is 29.5 Å². The average Bonchev–Trinajstić information content (AvgIpc) is 3.86. The highest BCUT2D eigenvalue weighted by atomic mass is 32.1. The van der Waals surface area contributed by atoms with Gasteiger partial charge < -0.3 is 35.1 Å². The number of rotatable bonds is 9. The van der Waals surface area contributed by atoms with Crippen molar-refractivity contribution in [1.29, 1.82) is 0 Å². The summed E-state index contributed by atoms with van der Waals surface area (Å²) in [4.78, 5) is 48.0. The number of aryl methyl sites for hydroxylation is 1. The van der Waals surface area contributed by atoms with E-state index in [0.717, 1.165) is 41.2 Å². The first-order valence-corrected chi connectivity index (χ1v) is 17.3. The Bertz CT molecular complexity index is 1790. The lowest BCUT2D eigenvalue weighted by atomic mass is 9.85. The summed E-state index contributed by atoms with van der Waals surface area (Å²) in [5.41, 5.74) is 4.57. The Morgan fingerprint density at radius 3 is 2.56 bits per heavy atom. The van der Waals surface area contributed by atoms with Crippen LogP contribution in [0.15, 0.2) is 58.5 Å². The third-order valence-electron chi connectivity index (χ3n) is 9.06. The molecule has 4 aromatic rings. The van der Waals surface area contributed by atoms with Crippen LogP contribution in [0.4, 0.5) is 0 Å². The molecular formula is C36H43N5O6S. The van der Waals surface area contributed by atoms with Crippen LogP contribution in [0.5, 0.6) is 5.75 Å². The highest BCUT2D eigenvalue weighted by Crippen LogP contribution is 2.31. The Morgan fingerprint density at radius 1 is 1.12 bits per heavy atom. The molecule has 2 fully saturated rings. The maximum Gasteiger partial charge on any atom is 0.287 e. The standard InChI is InChI=1S/C36H43N5O6S/c1-20(22-6-8-23(9-7-22)31-21(2)38-19-48-31)39-33(43)28-16-25(42)18-41(28)35(45)32(36(3,4)5)40-34(44)30-15-24-14-26(10-11-29(24)47-30)46-27-12-13-37-17-27/h6-11,14-15,19-20,25,27-28,32,37,42H,12-13,16-18H2,1-5H3,(H,39,43)(H,40,44)/t20?,25-,27?,28+,32?/m1/s1. The molecule has 48 heavy (non-hydrogen) atoms. The summed E-state index contributed by atoms with van der Waals surface area (Å²) in [7, 11) is 0. The molecule has 5 atom stereocenters. The van der Waals surface area contributed by atoms with Crippen molar-refractivity contribution in [3.05, 3.63) is 71.1 Å². The number of aliphatic hydroxyl groups excluding tert-OH is 1. The number of benzene rings is 2. The van der Waals surface area contributed by atoms with Crippen LogP contribution in [0.2, 0.25) is 0 Å². The molecule has 2 aromatic carbocycles. The smallest absolute Gasteiger partial charge is 0.287 e. The Kier molecular flexibility index (Phi) is 9.60. The number of hydrogen-bond donors (Lipinski definition) is 4. The molecule has 2 saturated heterocycles. The predicted molar refractivity (Wildman–Crippen MR) is 184 cm³/mol. The van der Waals surface area contributed by atoms with Crippen LogP contribution in [-0.4, -0.2) is 76.6 Å². The molecule has 3 unspecified atom stereocenters. The molecule has 3 amide bonds. The van der Waals surface area contributed by atoms with Crippen molar-refractivity contribution >= 4 is 40.0 Å². The monoisotopic (exact) mass is 673 g/mol. The number of aliphatic hydroxyl groups is 1. The predicted octanol–water partition coefficient (Wildman–Crippen LogP) is 4.59. The second-order valence-corrected chi connectivity index (χ2v) is 14.7. The Morgan fingerprint density at radius 2 is 1.90 bits per heavy atom. The van der Waals surface area contributed by atoms with E-state index in [-0.39, 0.29) is 36.8 Å². The number of hydrogen-bond acceptors (Lipinski definition) is 9. The van der Waals surface area contributed by atoms with Gasteiger partial charge in [-0.15, -0.1) is 11.3 Å². The first-order chi connectivity index (χ1) is 22.9. The molecular weight excluding hydrogens is 630 g/mol. The number of carbonyl (C=O) groups is 3. The van der Waals surface area contributed by atoms with Gasteiger partial charge in [-0.1, -0.05) is 45.0 Å². The quantitative estimate of drug-likeness (QED) is 0.202. The zero-order chi connectivity index (χ0) is 34.2. The molecule has 0 aliphatic carbocycles. The topological polar surface area (TPSA) is 146 Å². The molecule has 4 heterocycles. The SMILES string of the molecule is Cc1ncsc1-c1ccc(C(C)NC(=O)[C@@H]2C[C@@H](O)CN2C(=O)C(NC(=O)c2cc3cc(OC4CCNC4)ccc3o2)C(C)(C)C)cc1. The minimum Gasteiger partial charge on any atom is -0.489 e. The fraction of sp³-hybridized carbons (Fsp3) is 0.444. The summed E-state index contributed by atoms with van der Waals surface area (Å²) in [6.07, 6.45) is 0.255. The van der Waals surface area contributed by atoms with Crippen LogP contribution in [0, 0.1) is 12.3 Å². The van der Waals surface area contributed by atoms with E-state index < -0.39 is 35.4 Å². The molecule has 4 N–H and O–H groups in total. The van der Waals surface area contributed by atoms with E-state index in [0.29, 0.717) is 16.7 Å². The molecule has 11 nitrogen and oxygen atoms in total. The van der Waals surface area contributed by atoms with Gasteiger partial charge in [0.15, 0.2) is 5.76 Å². The van der Waals surface area contributed by atoms with E-state index in [4.69, 9.17) is 9.15 Å². The van der Waals surface area contributed by atoms with Crippen molar-refractivity contribution < 1.29 is 28.6 Å². The number of likely N-dealkylation sites (tertiary alicyclic amines) is 1. The molecule has 6 rings (SSSR count). The van der Waals surface area contributed by atoms with E-state index in [1.807, 2.05) is 76.5 Å². The van der Waals surface area contributed by atoms with Gasteiger partial charge in [0.25, 0.3) is 5.91 Å². The van der Waals surface area contributed by atoms with Crippen LogP contribution >= 0.6 is 11.3 Å². The summed E-state index contributed by atoms with van der Waals surface area (Å²) < 4.78 is 11.9. The summed E-state index contributed by atoms with van der Waals surface area (Å²) in [5.74, 6) is -0.596. The van der Waals surface area contributed by atoms with Crippen molar-refractivity contribution in [2.24, 2.45) is 5.41 Å². The molecule has 2 aromatic heterocycles. The van der Waals surface area contributed by atoms with Crippen LogP contribution in [0.1, 0.15) is 68.4 Å². The maximum absolute atomic E-state index is 14.1. The minimum atomic E-state index is -0.993. The lowest BCUT2D eigenvalue weighted by Crippen LogP contribution is -2.57. The molecule has 254 valence electrons. The van der Waals surface area contributed by atoms with Gasteiger partial charge in [-0.2, -0.15) is 0 Å². The number of carbonyl (C=O) groups excluding carboxylic acids is 3. The molecule has 2 aliphatic heterocycles. The van der Waals surface area contributed by atoms with Crippen molar-refractivity contribution in [2.45, 2.75) is 77.8 Å². The first-order valence-electron chi connectivity index (χ1n) is 16.4. The molecule has 0 radical (unpaired) electrons. The zero-order valence-corrected chi connectivity index (χ0v) is 28.7. The van der Waals surface area contributed by atoms with E-state index in [1.165, 1.54) is 4.90 Å². The number of aromatic nitrogens is 1. The van der Waals surface area contributed by atoms with Crippen molar-refractivity contribution in [2.75, 3.05) is 19.6 Å². The molecule has 12 heteroatoms. The fourth-order valence-corrected chi connectivity index (χ4v) is 7.16. The molecule has 0 spiro atoms. The van der Waals surface area contributed by atoms with Gasteiger partial charge in [0.05, 0.1) is 28.2 Å². The van der Waals surface area contributed by atoms with Crippen LogP contribution in [0.3, 0.4) is 0 Å². The summed E-state index contributed by atoms with van der Waals surface area (Å²) >= 11 is 1.58. The van der Waals surface area contributed by atoms with E-state index in [2.05, 4.69) is 20.9 Å². The van der Waals surface area contributed by atoms with Gasteiger partial charge in [0, 0.05) is 24.9 Å². The van der Waals surface area contributed by atoms with Gasteiger partial charge in [-0.25, -0.2) is 4.98 Å². The number of ether oxygens (including phenoxy) is 1. The van der Waals surface area contributed by atoms with Crippen LogP contribution in [-0.2, 0) is 9.59 Å². The zero-order valence-electron chi connectivity index (χ0n) is 27.9. The Balaban J connectivity index is 1.14. The summed E-state index contributed by atoms with van der Waals surface area (Å²) in [5, 5.41) is 20.5. The number of thiazole rings is 1. The number of fused-ring (bicyclic) bond motifs is 1. The van der Waals surface area contributed by atoms with Crippen molar-refractivity contribution in [3.63, 3.8) is 0 Å². The number of nitrogens with zero attached hydrogens (tertiary/aromatic N) is 2. The number of β-amino-alcohol motifs (C(OH)–C–C–N with tert-alkyl or cyclic N) is 1. The van der Waals surface area contributed by atoms with Crippen LogP contribution < -0.4 is 20.7 Å². The normalized spacial score (nSPS) is 20.9. The number of nitrogens with one attached hydrogen (secondary N) is 3. The van der Waals surface area contributed by atoms with E-state index >= 15 is 0 Å². The summed E-state index contributed by atoms with van der Waals surface area (Å²) in [6.45, 7) is 11.1. The summed E-state index contributed by atoms with van der Waals surface area (Å²) in [6, 6.07) is 12.8. The van der Waals surface area contributed by atoms with Crippen LogP contribution in [0.25, 0.3) is 21.4 Å².